The van der Waals surface area contributed by atoms with Crippen LogP contribution in [0.2, 0.25) is 0 Å². The zero-order valence-electron chi connectivity index (χ0n) is 12.6. The molecule has 0 radical (unpaired) electrons. The van der Waals surface area contributed by atoms with Gasteiger partial charge in [0, 0.05) is 0 Å². The highest BCUT2D eigenvalue weighted by atomic mass is 19.1. The molecule has 0 aromatic heterocycles. The minimum absolute atomic E-state index is 0.188. The van der Waals surface area contributed by atoms with Gasteiger partial charge in [-0.25, -0.2) is 9.18 Å². The summed E-state index contributed by atoms with van der Waals surface area (Å²) in [5.41, 5.74) is 0.539. The van der Waals surface area contributed by atoms with Crippen LogP contribution in [-0.4, -0.2) is 24.8 Å². The van der Waals surface area contributed by atoms with Crippen LogP contribution in [0.1, 0.15) is 44.6 Å². The van der Waals surface area contributed by atoms with Crippen molar-refractivity contribution in [3.63, 3.8) is 0 Å². The summed E-state index contributed by atoms with van der Waals surface area (Å²) in [6, 6.07) is 6.68. The van der Waals surface area contributed by atoms with Crippen molar-refractivity contribution < 1.29 is 18.7 Å². The Balaban J connectivity index is 1.56. The van der Waals surface area contributed by atoms with Crippen molar-refractivity contribution in [3.05, 3.63) is 35.6 Å². The van der Waals surface area contributed by atoms with Gasteiger partial charge in [-0.2, -0.15) is 0 Å². The van der Waals surface area contributed by atoms with Crippen LogP contribution in [0.25, 0.3) is 0 Å². The molecule has 1 atom stereocenters. The van der Waals surface area contributed by atoms with E-state index in [9.17, 15) is 9.18 Å². The van der Waals surface area contributed by atoms with E-state index in [1.807, 2.05) is 19.1 Å². The molecule has 4 heteroatoms. The fraction of sp³-hybridized carbons (Fsp3) is 0.588. The van der Waals surface area contributed by atoms with Crippen molar-refractivity contribution in [1.82, 2.24) is 0 Å². The third kappa shape index (κ3) is 4.81. The summed E-state index contributed by atoms with van der Waals surface area (Å²) in [4.78, 5) is 11.7. The maximum Gasteiger partial charge on any atom is 0.340 e. The van der Waals surface area contributed by atoms with Crippen molar-refractivity contribution >= 4 is 5.97 Å². The number of esters is 1. The van der Waals surface area contributed by atoms with Gasteiger partial charge in [0.05, 0.1) is 13.2 Å². The third-order valence-corrected chi connectivity index (χ3v) is 3.85. The summed E-state index contributed by atoms with van der Waals surface area (Å²) in [5, 5.41) is 0. The molecule has 3 nitrogen and oxygen atoms in total. The largest absolute Gasteiger partial charge is 0.464 e. The Hall–Kier alpha value is -1.42. The first-order chi connectivity index (χ1) is 10.2. The number of halogens is 1. The lowest BCUT2D eigenvalue weighted by Gasteiger charge is -2.10. The molecule has 1 aliphatic rings. The van der Waals surface area contributed by atoms with Crippen molar-refractivity contribution in [2.75, 3.05) is 13.2 Å². The van der Waals surface area contributed by atoms with Gasteiger partial charge >= 0.3 is 5.97 Å². The van der Waals surface area contributed by atoms with Gasteiger partial charge in [-0.3, -0.25) is 0 Å². The smallest absolute Gasteiger partial charge is 0.340 e. The summed E-state index contributed by atoms with van der Waals surface area (Å²) < 4.78 is 23.1. The van der Waals surface area contributed by atoms with Gasteiger partial charge in [0.25, 0.3) is 0 Å². The van der Waals surface area contributed by atoms with Gasteiger partial charge in [-0.05, 0) is 50.3 Å². The molecule has 1 unspecified atom stereocenters. The molecule has 0 spiro atoms. The Bertz CT molecular complexity index is 452. The lowest BCUT2D eigenvalue weighted by molar-refractivity contribution is -0.149. The van der Waals surface area contributed by atoms with Crippen LogP contribution in [0.4, 0.5) is 4.39 Å². The van der Waals surface area contributed by atoms with E-state index in [0.717, 1.165) is 38.5 Å². The van der Waals surface area contributed by atoms with Gasteiger partial charge in [-0.15, -0.1) is 0 Å². The van der Waals surface area contributed by atoms with E-state index in [4.69, 9.17) is 9.47 Å². The number of carbonyl (C=O) groups excluding carboxylic acids is 1. The molecule has 0 aliphatic carbocycles. The Morgan fingerprint density at radius 2 is 1.90 bits per heavy atom. The standard InChI is InChI=1S/C17H23FO3/c1-2-20-16(19)17(13-21-17)12-6-4-3-5-7-14-8-10-15(18)11-9-14/h8-11H,2-7,12-13H2,1H3. The molecule has 1 fully saturated rings. The van der Waals surface area contributed by atoms with Gasteiger partial charge in [0.1, 0.15) is 5.82 Å². The number of ether oxygens (including phenoxy) is 2. The van der Waals surface area contributed by atoms with E-state index in [0.29, 0.717) is 13.2 Å². The lowest BCUT2D eigenvalue weighted by Crippen LogP contribution is -2.27. The molecular weight excluding hydrogens is 271 g/mol. The fourth-order valence-electron chi connectivity index (χ4n) is 2.46. The predicted octanol–water partition coefficient (Wildman–Crippen LogP) is 3.65. The lowest BCUT2D eigenvalue weighted by atomic mass is 10.0. The second-order valence-electron chi connectivity index (χ2n) is 5.54. The average Bonchev–Trinajstić information content (AvgIpc) is 3.26. The molecule has 1 aliphatic heterocycles. The Morgan fingerprint density at radius 1 is 1.24 bits per heavy atom. The number of hydrogen-bond acceptors (Lipinski definition) is 3. The van der Waals surface area contributed by atoms with Crippen molar-refractivity contribution in [2.45, 2.75) is 51.0 Å². The number of hydrogen-bond donors (Lipinski definition) is 0. The van der Waals surface area contributed by atoms with E-state index in [-0.39, 0.29) is 11.8 Å². The molecule has 1 saturated heterocycles. The monoisotopic (exact) mass is 294 g/mol. The number of carbonyl (C=O) groups is 1. The Morgan fingerprint density at radius 3 is 2.52 bits per heavy atom. The molecule has 0 bridgehead atoms. The Labute approximate surface area is 125 Å². The number of benzene rings is 1. The van der Waals surface area contributed by atoms with Gasteiger partial charge in [-0.1, -0.05) is 25.0 Å². The molecule has 116 valence electrons. The van der Waals surface area contributed by atoms with Crippen LogP contribution in [0.15, 0.2) is 24.3 Å². The molecule has 0 N–H and O–H groups in total. The summed E-state index contributed by atoms with van der Waals surface area (Å²) in [7, 11) is 0. The average molecular weight is 294 g/mol. The van der Waals surface area contributed by atoms with E-state index in [1.165, 1.54) is 17.7 Å². The van der Waals surface area contributed by atoms with Crippen molar-refractivity contribution in [3.8, 4) is 0 Å². The molecule has 21 heavy (non-hydrogen) atoms. The first kappa shape index (κ1) is 16.0. The number of unbranched alkanes of at least 4 members (excludes halogenated alkanes) is 3. The van der Waals surface area contributed by atoms with Gasteiger partial charge in [0.15, 0.2) is 5.60 Å². The summed E-state index contributed by atoms with van der Waals surface area (Å²) in [6.07, 6.45) is 5.96. The summed E-state index contributed by atoms with van der Waals surface area (Å²) in [5.74, 6) is -0.399. The van der Waals surface area contributed by atoms with Crippen molar-refractivity contribution in [1.29, 1.82) is 0 Å². The normalized spacial score (nSPS) is 20.3. The first-order valence-electron chi connectivity index (χ1n) is 7.72. The van der Waals surface area contributed by atoms with E-state index >= 15 is 0 Å². The Kier molecular flexibility index (Phi) is 5.74. The highest BCUT2D eigenvalue weighted by molar-refractivity contribution is 5.82. The number of rotatable bonds is 9. The summed E-state index contributed by atoms with van der Waals surface area (Å²) >= 11 is 0. The minimum Gasteiger partial charge on any atom is -0.464 e. The maximum absolute atomic E-state index is 12.8. The topological polar surface area (TPSA) is 38.8 Å². The summed E-state index contributed by atoms with van der Waals surface area (Å²) in [6.45, 7) is 2.71. The molecule has 0 amide bonds. The van der Waals surface area contributed by atoms with Crippen LogP contribution >= 0.6 is 0 Å². The molecule has 1 aromatic carbocycles. The predicted molar refractivity (Wildman–Crippen MR) is 78.5 cm³/mol. The highest BCUT2D eigenvalue weighted by Gasteiger charge is 2.52. The maximum atomic E-state index is 12.8. The fourth-order valence-corrected chi connectivity index (χ4v) is 2.46. The van der Waals surface area contributed by atoms with Crippen LogP contribution < -0.4 is 0 Å². The minimum atomic E-state index is -0.632. The first-order valence-corrected chi connectivity index (χ1v) is 7.72. The van der Waals surface area contributed by atoms with Crippen LogP contribution in [-0.2, 0) is 20.7 Å². The molecule has 2 rings (SSSR count). The number of epoxide rings is 1. The SMILES string of the molecule is CCOC(=O)C1(CCCCCCc2ccc(F)cc2)CO1. The van der Waals surface area contributed by atoms with Gasteiger partial charge < -0.3 is 9.47 Å². The molecule has 1 heterocycles. The molecule has 0 saturated carbocycles. The van der Waals surface area contributed by atoms with Crippen molar-refractivity contribution in [2.24, 2.45) is 0 Å². The third-order valence-electron chi connectivity index (χ3n) is 3.85. The quantitative estimate of drug-likeness (QED) is 0.396. The molecular formula is C17H23FO3. The van der Waals surface area contributed by atoms with E-state index < -0.39 is 5.60 Å². The highest BCUT2D eigenvalue weighted by Crippen LogP contribution is 2.34. The van der Waals surface area contributed by atoms with Gasteiger partial charge in [0.2, 0.25) is 0 Å². The van der Waals surface area contributed by atoms with E-state index in [2.05, 4.69) is 0 Å². The van der Waals surface area contributed by atoms with Crippen LogP contribution in [0.3, 0.4) is 0 Å². The van der Waals surface area contributed by atoms with E-state index in [1.54, 1.807) is 0 Å². The zero-order valence-corrected chi connectivity index (χ0v) is 12.6. The zero-order chi connectivity index (χ0) is 15.1. The molecule has 1 aromatic rings. The number of aryl methyl sites for hydroxylation is 1. The second-order valence-corrected chi connectivity index (χ2v) is 5.54. The van der Waals surface area contributed by atoms with Crippen LogP contribution in [0, 0.1) is 5.82 Å². The second kappa shape index (κ2) is 7.55. The van der Waals surface area contributed by atoms with Crippen LogP contribution in [0.5, 0.6) is 0 Å².